The normalized spacial score (nSPS) is 10.7. The van der Waals surface area contributed by atoms with Gasteiger partial charge < -0.3 is 31.4 Å². The van der Waals surface area contributed by atoms with E-state index >= 15 is 0 Å². The molecule has 190 valence electrons. The third-order valence-electron chi connectivity index (χ3n) is 5.65. The van der Waals surface area contributed by atoms with Crippen LogP contribution in [0.3, 0.4) is 0 Å². The van der Waals surface area contributed by atoms with Gasteiger partial charge in [0.2, 0.25) is 5.91 Å². The van der Waals surface area contributed by atoms with Gasteiger partial charge in [-0.1, -0.05) is 30.3 Å². The quantitative estimate of drug-likeness (QED) is 0.198. The Balaban J connectivity index is 1.24. The zero-order valence-corrected chi connectivity index (χ0v) is 20.3. The molecule has 0 radical (unpaired) electrons. The monoisotopic (exact) mass is 507 g/mol. The number of fused-ring (bicyclic) bond motifs is 1. The van der Waals surface area contributed by atoms with E-state index < -0.39 is 0 Å². The van der Waals surface area contributed by atoms with Crippen LogP contribution in [-0.4, -0.2) is 33.3 Å². The molecule has 3 aromatic carbocycles. The summed E-state index contributed by atoms with van der Waals surface area (Å²) in [6.07, 6.45) is 1.43. The molecule has 0 spiro atoms. The van der Waals surface area contributed by atoms with Crippen LogP contribution in [0.2, 0.25) is 0 Å². The van der Waals surface area contributed by atoms with Crippen LogP contribution in [0.15, 0.2) is 91.3 Å². The predicted octanol–water partition coefficient (Wildman–Crippen LogP) is 4.43. The van der Waals surface area contributed by atoms with Crippen molar-refractivity contribution in [3.63, 3.8) is 0 Å². The van der Waals surface area contributed by atoms with E-state index in [-0.39, 0.29) is 18.4 Å². The Bertz CT molecular complexity index is 1550. The fourth-order valence-corrected chi connectivity index (χ4v) is 3.72. The average Bonchev–Trinajstić information content (AvgIpc) is 3.40. The van der Waals surface area contributed by atoms with Gasteiger partial charge in [-0.3, -0.25) is 9.59 Å². The van der Waals surface area contributed by atoms with Crippen LogP contribution in [0.1, 0.15) is 16.1 Å². The molecule has 2 heterocycles. The Labute approximate surface area is 218 Å². The maximum atomic E-state index is 12.9. The van der Waals surface area contributed by atoms with Crippen molar-refractivity contribution in [1.29, 1.82) is 0 Å². The number of hydrogen-bond acceptors (Lipinski definition) is 7. The van der Waals surface area contributed by atoms with Gasteiger partial charge in [0.05, 0.1) is 11.9 Å². The number of nitrogens with one attached hydrogen (secondary N) is 4. The molecule has 10 heteroatoms. The Morgan fingerprint density at radius 3 is 2.24 bits per heavy atom. The van der Waals surface area contributed by atoms with Crippen molar-refractivity contribution in [2.24, 2.45) is 5.73 Å². The molecule has 2 aromatic heterocycles. The highest BCUT2D eigenvalue weighted by Gasteiger charge is 2.14. The second-order valence-electron chi connectivity index (χ2n) is 8.37. The molecular formula is C28H25N7O3. The van der Waals surface area contributed by atoms with Crippen molar-refractivity contribution in [3.8, 4) is 5.75 Å². The van der Waals surface area contributed by atoms with Gasteiger partial charge in [0.15, 0.2) is 0 Å². The van der Waals surface area contributed by atoms with Crippen molar-refractivity contribution in [2.45, 2.75) is 6.61 Å². The van der Waals surface area contributed by atoms with E-state index in [1.165, 1.54) is 6.33 Å². The van der Waals surface area contributed by atoms with Crippen LogP contribution >= 0.6 is 0 Å². The van der Waals surface area contributed by atoms with Gasteiger partial charge >= 0.3 is 0 Å². The molecule has 38 heavy (non-hydrogen) atoms. The van der Waals surface area contributed by atoms with Gasteiger partial charge in [-0.25, -0.2) is 9.97 Å². The van der Waals surface area contributed by atoms with E-state index in [1.54, 1.807) is 30.3 Å². The molecule has 0 unspecified atom stereocenters. The van der Waals surface area contributed by atoms with Gasteiger partial charge in [-0.15, -0.1) is 0 Å². The van der Waals surface area contributed by atoms with Gasteiger partial charge in [0.25, 0.3) is 5.91 Å². The number of anilines is 4. The molecule has 0 aliphatic rings. The van der Waals surface area contributed by atoms with E-state index in [2.05, 4.69) is 30.9 Å². The molecule has 0 saturated carbocycles. The Morgan fingerprint density at radius 1 is 0.842 bits per heavy atom. The minimum absolute atomic E-state index is 0.104. The number of amides is 2. The van der Waals surface area contributed by atoms with Crippen LogP contribution in [0.4, 0.5) is 22.9 Å². The first-order valence-corrected chi connectivity index (χ1v) is 11.9. The molecule has 0 fully saturated rings. The number of aromatic amines is 1. The number of nitrogens with two attached hydrogens (primary N) is 1. The Kier molecular flexibility index (Phi) is 7.23. The summed E-state index contributed by atoms with van der Waals surface area (Å²) in [4.78, 5) is 35.9. The molecule has 0 aliphatic heterocycles. The lowest BCUT2D eigenvalue weighted by molar-refractivity contribution is -0.114. The number of nitrogens with zero attached hydrogens (tertiary/aromatic N) is 2. The fourth-order valence-electron chi connectivity index (χ4n) is 3.72. The molecular weight excluding hydrogens is 482 g/mol. The van der Waals surface area contributed by atoms with Gasteiger partial charge in [0, 0.05) is 17.1 Å². The zero-order valence-electron chi connectivity index (χ0n) is 20.3. The number of ether oxygens (including phenoxy) is 1. The molecule has 10 nitrogen and oxygen atoms in total. The van der Waals surface area contributed by atoms with E-state index in [1.807, 2.05) is 54.6 Å². The lowest BCUT2D eigenvalue weighted by atomic mass is 10.2. The molecule has 5 aromatic rings. The van der Waals surface area contributed by atoms with Crippen molar-refractivity contribution in [2.75, 3.05) is 22.5 Å². The highest BCUT2D eigenvalue weighted by atomic mass is 16.5. The van der Waals surface area contributed by atoms with Crippen molar-refractivity contribution in [1.82, 2.24) is 15.0 Å². The maximum Gasteiger partial charge on any atom is 0.272 e. The maximum absolute atomic E-state index is 12.9. The highest BCUT2D eigenvalue weighted by molar-refractivity contribution is 6.07. The first kappa shape index (κ1) is 24.5. The molecule has 0 bridgehead atoms. The lowest BCUT2D eigenvalue weighted by Gasteiger charge is -2.09. The lowest BCUT2D eigenvalue weighted by Crippen LogP contribution is -2.21. The number of carbonyl (C=O) groups is 2. The number of hydrogen-bond donors (Lipinski definition) is 5. The summed E-state index contributed by atoms with van der Waals surface area (Å²) < 4.78 is 5.85. The first-order valence-electron chi connectivity index (χ1n) is 11.9. The summed E-state index contributed by atoms with van der Waals surface area (Å²) in [5.74, 6) is 0.677. The molecule has 0 aliphatic carbocycles. The topological polar surface area (TPSA) is 147 Å². The fraction of sp³-hybridized carbons (Fsp3) is 0.0714. The molecule has 2 amide bonds. The number of benzene rings is 3. The van der Waals surface area contributed by atoms with Crippen LogP contribution < -0.4 is 26.4 Å². The molecule has 0 saturated heterocycles. The Morgan fingerprint density at radius 2 is 1.53 bits per heavy atom. The van der Waals surface area contributed by atoms with Crippen LogP contribution in [0, 0.1) is 0 Å². The minimum Gasteiger partial charge on any atom is -0.489 e. The molecule has 6 N–H and O–H groups in total. The van der Waals surface area contributed by atoms with Crippen molar-refractivity contribution >= 4 is 45.7 Å². The number of rotatable bonds is 9. The van der Waals surface area contributed by atoms with E-state index in [0.717, 1.165) is 17.0 Å². The average molecular weight is 508 g/mol. The third kappa shape index (κ3) is 5.94. The largest absolute Gasteiger partial charge is 0.489 e. The van der Waals surface area contributed by atoms with E-state index in [0.29, 0.717) is 40.5 Å². The second-order valence-corrected chi connectivity index (χ2v) is 8.37. The standard InChI is InChI=1S/C28H25N7O3/c29-15-25(36)32-19-6-8-21(9-7-19)34-28(37)24-14-23-26(30-17-31-27(23)35-24)33-20-10-12-22(13-11-20)38-16-18-4-2-1-3-5-18/h1-14,17H,15-16,29H2,(H,32,36)(H,34,37)(H2,30,31,33,35). The summed E-state index contributed by atoms with van der Waals surface area (Å²) in [5.41, 5.74) is 9.22. The number of carbonyl (C=O) groups excluding carboxylic acids is 2. The number of H-pyrrole nitrogens is 1. The number of aromatic nitrogens is 3. The van der Waals surface area contributed by atoms with Gasteiger partial charge in [-0.2, -0.15) is 0 Å². The zero-order chi connectivity index (χ0) is 26.3. The van der Waals surface area contributed by atoms with Crippen LogP contribution in [-0.2, 0) is 11.4 Å². The van der Waals surface area contributed by atoms with Crippen molar-refractivity contribution in [3.05, 3.63) is 103 Å². The summed E-state index contributed by atoms with van der Waals surface area (Å²) >= 11 is 0. The molecule has 5 rings (SSSR count). The predicted molar refractivity (Wildman–Crippen MR) is 146 cm³/mol. The first-order chi connectivity index (χ1) is 18.6. The smallest absolute Gasteiger partial charge is 0.272 e. The van der Waals surface area contributed by atoms with Crippen molar-refractivity contribution < 1.29 is 14.3 Å². The summed E-state index contributed by atoms with van der Waals surface area (Å²) in [7, 11) is 0. The van der Waals surface area contributed by atoms with Gasteiger partial charge in [0.1, 0.15) is 35.8 Å². The van der Waals surface area contributed by atoms with Gasteiger partial charge in [-0.05, 0) is 60.2 Å². The Hall–Kier alpha value is -5.22. The highest BCUT2D eigenvalue weighted by Crippen LogP contribution is 2.26. The summed E-state index contributed by atoms with van der Waals surface area (Å²) in [5, 5.41) is 9.42. The van der Waals surface area contributed by atoms with E-state index in [4.69, 9.17) is 10.5 Å². The molecule has 0 atom stereocenters. The summed E-state index contributed by atoms with van der Waals surface area (Å²) in [6.45, 7) is 0.385. The third-order valence-corrected chi connectivity index (χ3v) is 5.65. The SMILES string of the molecule is NCC(=O)Nc1ccc(NC(=O)c2cc3c(Nc4ccc(OCc5ccccc5)cc4)ncnc3[nH]2)cc1. The van der Waals surface area contributed by atoms with E-state index in [9.17, 15) is 9.59 Å². The van der Waals surface area contributed by atoms with Crippen LogP contribution in [0.5, 0.6) is 5.75 Å². The minimum atomic E-state index is -0.340. The second kappa shape index (κ2) is 11.2. The summed E-state index contributed by atoms with van der Waals surface area (Å²) in [6, 6.07) is 26.0. The van der Waals surface area contributed by atoms with Crippen LogP contribution in [0.25, 0.3) is 11.0 Å².